The Morgan fingerprint density at radius 2 is 1.82 bits per heavy atom. The molecule has 0 fully saturated rings. The molecule has 2 aromatic carbocycles. The molecule has 7 heteroatoms. The van der Waals surface area contributed by atoms with Crippen molar-refractivity contribution in [3.63, 3.8) is 0 Å². The maximum atomic E-state index is 12.3. The van der Waals surface area contributed by atoms with E-state index in [-0.39, 0.29) is 25.0 Å². The van der Waals surface area contributed by atoms with Crippen LogP contribution in [0, 0.1) is 0 Å². The summed E-state index contributed by atoms with van der Waals surface area (Å²) in [5, 5.41) is 3.27. The summed E-state index contributed by atoms with van der Waals surface area (Å²) >= 11 is 0. The van der Waals surface area contributed by atoms with Gasteiger partial charge in [0.1, 0.15) is 5.75 Å². The first-order valence-corrected chi connectivity index (χ1v) is 9.19. The molecule has 0 bridgehead atoms. The van der Waals surface area contributed by atoms with Gasteiger partial charge in [0.05, 0.1) is 17.0 Å². The average Bonchev–Trinajstić information content (AvgIpc) is 2.66. The minimum Gasteiger partial charge on any atom is -0.491 e. The second-order valence-electron chi connectivity index (χ2n) is 6.73. The van der Waals surface area contributed by atoms with Crippen molar-refractivity contribution in [3.8, 4) is 5.75 Å². The van der Waals surface area contributed by atoms with Gasteiger partial charge in [-0.25, -0.2) is 4.79 Å². The smallest absolute Gasteiger partial charge is 0.328 e. The number of nitrogens with zero attached hydrogens (tertiary/aromatic N) is 1. The third-order valence-electron chi connectivity index (χ3n) is 4.28. The number of aromatic amines is 1. The van der Waals surface area contributed by atoms with E-state index in [0.29, 0.717) is 17.4 Å². The number of ether oxygens (including phenoxy) is 1. The number of hydrogen-bond donors (Lipinski definition) is 2. The number of aryl methyl sites for hydroxylation is 1. The highest BCUT2D eigenvalue weighted by molar-refractivity contribution is 5.78. The molecule has 2 N–H and O–H groups in total. The number of para-hydroxylation sites is 2. The number of H-pyrrole nitrogens is 1. The zero-order valence-electron chi connectivity index (χ0n) is 15.9. The summed E-state index contributed by atoms with van der Waals surface area (Å²) < 4.78 is 7.16. The van der Waals surface area contributed by atoms with Crippen LogP contribution in [-0.4, -0.2) is 21.6 Å². The molecule has 1 amide bonds. The third-order valence-corrected chi connectivity index (χ3v) is 4.28. The lowest BCUT2D eigenvalue weighted by atomic mass is 10.2. The van der Waals surface area contributed by atoms with Crippen molar-refractivity contribution in [1.82, 2.24) is 14.9 Å². The van der Waals surface area contributed by atoms with Gasteiger partial charge in [-0.3, -0.25) is 19.1 Å². The number of nitrogens with one attached hydrogen (secondary N) is 2. The number of carbonyl (C=O) groups excluding carboxylic acids is 1. The van der Waals surface area contributed by atoms with Gasteiger partial charge in [-0.15, -0.1) is 0 Å². The molecule has 0 unspecified atom stereocenters. The molecule has 0 aliphatic rings. The van der Waals surface area contributed by atoms with Gasteiger partial charge in [-0.05, 0) is 32.0 Å². The summed E-state index contributed by atoms with van der Waals surface area (Å²) in [6.07, 6.45) is 0.153. The second kappa shape index (κ2) is 8.56. The Balaban J connectivity index is 1.67. The molecule has 28 heavy (non-hydrogen) atoms. The molecular formula is C21H23N3O4. The predicted molar refractivity (Wildman–Crippen MR) is 107 cm³/mol. The molecule has 3 aromatic rings. The quantitative estimate of drug-likeness (QED) is 0.656. The molecule has 3 rings (SSSR count). The van der Waals surface area contributed by atoms with E-state index in [1.165, 1.54) is 4.57 Å². The number of hydrogen-bond acceptors (Lipinski definition) is 4. The number of amides is 1. The average molecular weight is 381 g/mol. The predicted octanol–water partition coefficient (Wildman–Crippen LogP) is 2.18. The van der Waals surface area contributed by atoms with E-state index in [1.54, 1.807) is 24.3 Å². The maximum absolute atomic E-state index is 12.3. The van der Waals surface area contributed by atoms with E-state index in [4.69, 9.17) is 4.74 Å². The number of fused-ring (bicyclic) bond motifs is 1. The molecular weight excluding hydrogens is 358 g/mol. The number of rotatable bonds is 7. The Morgan fingerprint density at radius 3 is 2.61 bits per heavy atom. The Bertz CT molecular complexity index is 1100. The highest BCUT2D eigenvalue weighted by Crippen LogP contribution is 2.19. The van der Waals surface area contributed by atoms with Gasteiger partial charge in [-0.2, -0.15) is 0 Å². The van der Waals surface area contributed by atoms with Gasteiger partial charge in [0.15, 0.2) is 0 Å². The van der Waals surface area contributed by atoms with E-state index >= 15 is 0 Å². The van der Waals surface area contributed by atoms with Crippen LogP contribution in [0.4, 0.5) is 0 Å². The lowest BCUT2D eigenvalue weighted by Gasteiger charge is -2.15. The van der Waals surface area contributed by atoms with Crippen LogP contribution in [0.25, 0.3) is 10.9 Å². The van der Waals surface area contributed by atoms with Crippen LogP contribution < -0.4 is 21.3 Å². The Labute approximate surface area is 162 Å². The van der Waals surface area contributed by atoms with Crippen molar-refractivity contribution in [2.24, 2.45) is 0 Å². The Kier molecular flexibility index (Phi) is 5.93. The molecule has 0 atom stereocenters. The van der Waals surface area contributed by atoms with Gasteiger partial charge in [0.25, 0.3) is 5.56 Å². The molecule has 7 nitrogen and oxygen atoms in total. The monoisotopic (exact) mass is 381 g/mol. The van der Waals surface area contributed by atoms with Gasteiger partial charge in [0.2, 0.25) is 5.91 Å². The second-order valence-corrected chi connectivity index (χ2v) is 6.73. The van der Waals surface area contributed by atoms with Crippen molar-refractivity contribution in [3.05, 3.63) is 74.9 Å². The summed E-state index contributed by atoms with van der Waals surface area (Å²) in [5.41, 5.74) is 0.450. The fourth-order valence-electron chi connectivity index (χ4n) is 2.98. The van der Waals surface area contributed by atoms with Crippen molar-refractivity contribution < 1.29 is 9.53 Å². The molecule has 0 saturated carbocycles. The standard InChI is InChI=1S/C21H23N3O4/c1-14(2)28-18-10-6-3-7-15(18)13-22-19(25)11-12-24-17-9-5-4-8-16(17)20(26)23-21(24)27/h3-10,14H,11-13H2,1-2H3,(H,22,25)(H,23,26,27). The van der Waals surface area contributed by atoms with Crippen molar-refractivity contribution >= 4 is 16.8 Å². The maximum Gasteiger partial charge on any atom is 0.328 e. The Morgan fingerprint density at radius 1 is 1.11 bits per heavy atom. The highest BCUT2D eigenvalue weighted by atomic mass is 16.5. The first kappa shape index (κ1) is 19.4. The zero-order chi connectivity index (χ0) is 20.1. The number of carbonyl (C=O) groups is 1. The van der Waals surface area contributed by atoms with Crippen LogP contribution in [0.15, 0.2) is 58.1 Å². The van der Waals surface area contributed by atoms with E-state index in [0.717, 1.165) is 11.3 Å². The lowest BCUT2D eigenvalue weighted by Crippen LogP contribution is -2.32. The molecule has 0 aliphatic heterocycles. The number of aromatic nitrogens is 2. The van der Waals surface area contributed by atoms with Gasteiger partial charge in [0, 0.05) is 25.1 Å². The van der Waals surface area contributed by atoms with Gasteiger partial charge >= 0.3 is 5.69 Å². The van der Waals surface area contributed by atoms with Crippen LogP contribution in [0.1, 0.15) is 25.8 Å². The van der Waals surface area contributed by atoms with E-state index in [9.17, 15) is 14.4 Å². The molecule has 0 saturated heterocycles. The highest BCUT2D eigenvalue weighted by Gasteiger charge is 2.10. The van der Waals surface area contributed by atoms with E-state index in [2.05, 4.69) is 10.3 Å². The zero-order valence-corrected chi connectivity index (χ0v) is 15.9. The molecule has 146 valence electrons. The fraction of sp³-hybridized carbons (Fsp3) is 0.286. The summed E-state index contributed by atoms with van der Waals surface area (Å²) in [6, 6.07) is 14.4. The normalized spacial score (nSPS) is 11.0. The van der Waals surface area contributed by atoms with E-state index in [1.807, 2.05) is 38.1 Å². The van der Waals surface area contributed by atoms with Crippen LogP contribution in [0.5, 0.6) is 5.75 Å². The minimum absolute atomic E-state index is 0.0391. The minimum atomic E-state index is -0.521. The van der Waals surface area contributed by atoms with Crippen LogP contribution in [0.3, 0.4) is 0 Å². The fourth-order valence-corrected chi connectivity index (χ4v) is 2.98. The van der Waals surface area contributed by atoms with Crippen molar-refractivity contribution in [2.75, 3.05) is 0 Å². The first-order valence-electron chi connectivity index (χ1n) is 9.19. The van der Waals surface area contributed by atoms with Gasteiger partial charge in [-0.1, -0.05) is 30.3 Å². The molecule has 0 aliphatic carbocycles. The SMILES string of the molecule is CC(C)Oc1ccccc1CNC(=O)CCn1c(=O)[nH]c(=O)c2ccccc21. The molecule has 0 spiro atoms. The summed E-state index contributed by atoms with van der Waals surface area (Å²) in [6.45, 7) is 4.40. The summed E-state index contributed by atoms with van der Waals surface area (Å²) in [7, 11) is 0. The van der Waals surface area contributed by atoms with Crippen LogP contribution in [-0.2, 0) is 17.9 Å². The molecule has 1 heterocycles. The lowest BCUT2D eigenvalue weighted by molar-refractivity contribution is -0.121. The largest absolute Gasteiger partial charge is 0.491 e. The van der Waals surface area contributed by atoms with Crippen LogP contribution >= 0.6 is 0 Å². The van der Waals surface area contributed by atoms with Crippen molar-refractivity contribution in [1.29, 1.82) is 0 Å². The van der Waals surface area contributed by atoms with Crippen LogP contribution in [0.2, 0.25) is 0 Å². The summed E-state index contributed by atoms with van der Waals surface area (Å²) in [5.74, 6) is 0.544. The Hall–Kier alpha value is -3.35. The first-order chi connectivity index (χ1) is 13.5. The number of benzene rings is 2. The van der Waals surface area contributed by atoms with Gasteiger partial charge < -0.3 is 10.1 Å². The van der Waals surface area contributed by atoms with Crippen molar-refractivity contribution in [2.45, 2.75) is 39.5 Å². The molecule has 1 aromatic heterocycles. The molecule has 0 radical (unpaired) electrons. The van der Waals surface area contributed by atoms with E-state index < -0.39 is 11.2 Å². The third kappa shape index (κ3) is 4.49. The topological polar surface area (TPSA) is 93.2 Å². The summed E-state index contributed by atoms with van der Waals surface area (Å²) in [4.78, 5) is 38.6.